The van der Waals surface area contributed by atoms with E-state index in [0.29, 0.717) is 12.1 Å². The molecule has 0 spiro atoms. The van der Waals surface area contributed by atoms with Gasteiger partial charge in [-0.1, -0.05) is 24.3 Å². The Labute approximate surface area is 131 Å². The Morgan fingerprint density at radius 1 is 1.00 bits per heavy atom. The van der Waals surface area contributed by atoms with Gasteiger partial charge in [0.2, 0.25) is 0 Å². The molecule has 1 aliphatic heterocycles. The Hall–Kier alpha value is -2.31. The number of halogens is 1. The van der Waals surface area contributed by atoms with E-state index in [9.17, 15) is 4.39 Å². The van der Waals surface area contributed by atoms with Crippen LogP contribution in [0.25, 0.3) is 0 Å². The van der Waals surface area contributed by atoms with Crippen LogP contribution < -0.4 is 10.6 Å². The summed E-state index contributed by atoms with van der Waals surface area (Å²) in [5.74, 6) is -0.154. The molecule has 1 heterocycles. The van der Waals surface area contributed by atoms with Gasteiger partial charge >= 0.3 is 0 Å². The SMILES string of the molecule is C#C.Fc1ccccc1CNc1ccc2c(c1)CCNCC2. The normalized spacial score (nSPS) is 13.2. The summed E-state index contributed by atoms with van der Waals surface area (Å²) in [6.07, 6.45) is 10.1. The quantitative estimate of drug-likeness (QED) is 0.849. The van der Waals surface area contributed by atoms with Crippen LogP contribution >= 0.6 is 0 Å². The molecule has 0 amide bonds. The molecule has 0 aromatic heterocycles. The summed E-state index contributed by atoms with van der Waals surface area (Å²) in [5, 5.41) is 6.72. The summed E-state index contributed by atoms with van der Waals surface area (Å²) >= 11 is 0. The molecule has 0 aliphatic carbocycles. The molecule has 114 valence electrons. The summed E-state index contributed by atoms with van der Waals surface area (Å²) in [5.41, 5.74) is 4.58. The van der Waals surface area contributed by atoms with E-state index in [1.807, 2.05) is 12.1 Å². The van der Waals surface area contributed by atoms with E-state index in [1.54, 1.807) is 6.07 Å². The second-order valence-electron chi connectivity index (χ2n) is 5.18. The van der Waals surface area contributed by atoms with Crippen LogP contribution in [0.5, 0.6) is 0 Å². The number of hydrogen-bond acceptors (Lipinski definition) is 2. The van der Waals surface area contributed by atoms with Crippen molar-refractivity contribution in [2.75, 3.05) is 18.4 Å². The van der Waals surface area contributed by atoms with Crippen LogP contribution in [-0.4, -0.2) is 13.1 Å². The van der Waals surface area contributed by atoms with Gasteiger partial charge in [-0.25, -0.2) is 4.39 Å². The largest absolute Gasteiger partial charge is 0.381 e. The van der Waals surface area contributed by atoms with E-state index < -0.39 is 0 Å². The van der Waals surface area contributed by atoms with E-state index in [4.69, 9.17) is 0 Å². The fourth-order valence-corrected chi connectivity index (χ4v) is 2.62. The molecule has 3 heteroatoms. The maximum atomic E-state index is 13.6. The number of benzene rings is 2. The van der Waals surface area contributed by atoms with Gasteiger partial charge in [-0.15, -0.1) is 12.8 Å². The molecule has 0 radical (unpaired) electrons. The predicted octanol–water partition coefficient (Wildman–Crippen LogP) is 3.38. The van der Waals surface area contributed by atoms with Gasteiger partial charge in [-0.2, -0.15) is 0 Å². The van der Waals surface area contributed by atoms with Crippen molar-refractivity contribution in [2.45, 2.75) is 19.4 Å². The van der Waals surface area contributed by atoms with Gasteiger partial charge in [0, 0.05) is 17.8 Å². The van der Waals surface area contributed by atoms with Gasteiger partial charge in [0.25, 0.3) is 0 Å². The molecular formula is C19H21FN2. The molecule has 3 rings (SSSR count). The molecule has 2 N–H and O–H groups in total. The first kappa shape index (κ1) is 16.1. The summed E-state index contributed by atoms with van der Waals surface area (Å²) in [7, 11) is 0. The van der Waals surface area contributed by atoms with E-state index >= 15 is 0 Å². The highest BCUT2D eigenvalue weighted by Crippen LogP contribution is 2.19. The van der Waals surface area contributed by atoms with Gasteiger partial charge in [0.05, 0.1) is 0 Å². The highest BCUT2D eigenvalue weighted by Gasteiger charge is 2.08. The lowest BCUT2D eigenvalue weighted by molar-refractivity contribution is 0.613. The third kappa shape index (κ3) is 4.09. The fraction of sp³-hybridized carbons (Fsp3) is 0.263. The number of nitrogens with one attached hydrogen (secondary N) is 2. The van der Waals surface area contributed by atoms with Crippen LogP contribution in [0.15, 0.2) is 42.5 Å². The van der Waals surface area contributed by atoms with Gasteiger partial charge in [-0.3, -0.25) is 0 Å². The van der Waals surface area contributed by atoms with Crippen LogP contribution in [-0.2, 0) is 19.4 Å². The second kappa shape index (κ2) is 8.21. The van der Waals surface area contributed by atoms with E-state index in [-0.39, 0.29) is 5.82 Å². The van der Waals surface area contributed by atoms with Crippen molar-refractivity contribution in [1.29, 1.82) is 0 Å². The summed E-state index contributed by atoms with van der Waals surface area (Å²) < 4.78 is 13.6. The number of fused-ring (bicyclic) bond motifs is 1. The Morgan fingerprint density at radius 3 is 2.50 bits per heavy atom. The molecule has 0 bridgehead atoms. The number of anilines is 1. The van der Waals surface area contributed by atoms with Gasteiger partial charge in [0.15, 0.2) is 0 Å². The van der Waals surface area contributed by atoms with E-state index in [2.05, 4.69) is 41.7 Å². The monoisotopic (exact) mass is 296 g/mol. The second-order valence-corrected chi connectivity index (χ2v) is 5.18. The van der Waals surface area contributed by atoms with Crippen molar-refractivity contribution >= 4 is 5.69 Å². The van der Waals surface area contributed by atoms with Crippen LogP contribution in [0.1, 0.15) is 16.7 Å². The molecule has 2 aromatic carbocycles. The summed E-state index contributed by atoms with van der Waals surface area (Å²) in [4.78, 5) is 0. The third-order valence-electron chi connectivity index (χ3n) is 3.79. The highest BCUT2D eigenvalue weighted by molar-refractivity contribution is 5.49. The number of terminal acetylenes is 1. The highest BCUT2D eigenvalue weighted by atomic mass is 19.1. The van der Waals surface area contributed by atoms with Gasteiger partial charge in [-0.05, 0) is 55.3 Å². The lowest BCUT2D eigenvalue weighted by Gasteiger charge is -2.11. The zero-order chi connectivity index (χ0) is 15.8. The molecule has 0 saturated carbocycles. The Balaban J connectivity index is 0.000000847. The van der Waals surface area contributed by atoms with Gasteiger partial charge in [0.1, 0.15) is 5.82 Å². The zero-order valence-corrected chi connectivity index (χ0v) is 12.6. The standard InChI is InChI=1S/C17H19FN2.C2H2/c18-17-4-2-1-3-15(17)12-20-16-6-5-13-7-9-19-10-8-14(13)11-16;1-2/h1-6,11,19-20H,7-10,12H2;1-2H. The number of hydrogen-bond donors (Lipinski definition) is 2. The van der Waals surface area contributed by atoms with Crippen LogP contribution in [0.2, 0.25) is 0 Å². The molecule has 0 atom stereocenters. The lowest BCUT2D eigenvalue weighted by atomic mass is 10.0. The van der Waals surface area contributed by atoms with Crippen molar-refractivity contribution in [3.63, 3.8) is 0 Å². The minimum absolute atomic E-state index is 0.154. The minimum atomic E-state index is -0.154. The molecule has 0 saturated heterocycles. The molecule has 2 aromatic rings. The van der Waals surface area contributed by atoms with Crippen molar-refractivity contribution in [3.8, 4) is 12.8 Å². The zero-order valence-electron chi connectivity index (χ0n) is 12.6. The fourth-order valence-electron chi connectivity index (χ4n) is 2.62. The van der Waals surface area contributed by atoms with Crippen molar-refractivity contribution in [3.05, 3.63) is 65.0 Å². The maximum absolute atomic E-state index is 13.6. The summed E-state index contributed by atoms with van der Waals surface area (Å²) in [6, 6.07) is 13.4. The maximum Gasteiger partial charge on any atom is 0.128 e. The van der Waals surface area contributed by atoms with Crippen molar-refractivity contribution < 1.29 is 4.39 Å². The smallest absolute Gasteiger partial charge is 0.128 e. The summed E-state index contributed by atoms with van der Waals surface area (Å²) in [6.45, 7) is 2.60. The molecule has 1 aliphatic rings. The van der Waals surface area contributed by atoms with Crippen molar-refractivity contribution in [1.82, 2.24) is 5.32 Å². The Morgan fingerprint density at radius 2 is 1.73 bits per heavy atom. The average Bonchev–Trinajstić information content (AvgIpc) is 2.81. The van der Waals surface area contributed by atoms with E-state index in [1.165, 1.54) is 17.2 Å². The molecular weight excluding hydrogens is 275 g/mol. The number of rotatable bonds is 3. The van der Waals surface area contributed by atoms with Crippen LogP contribution in [0.4, 0.5) is 10.1 Å². The van der Waals surface area contributed by atoms with Crippen LogP contribution in [0, 0.1) is 18.7 Å². The first-order valence-corrected chi connectivity index (χ1v) is 7.46. The molecule has 0 unspecified atom stereocenters. The third-order valence-corrected chi connectivity index (χ3v) is 3.79. The van der Waals surface area contributed by atoms with Crippen LogP contribution in [0.3, 0.4) is 0 Å². The first-order chi connectivity index (χ1) is 10.8. The molecule has 2 nitrogen and oxygen atoms in total. The Kier molecular flexibility index (Phi) is 6.00. The van der Waals surface area contributed by atoms with Crippen molar-refractivity contribution in [2.24, 2.45) is 0 Å². The minimum Gasteiger partial charge on any atom is -0.381 e. The molecule has 0 fully saturated rings. The predicted molar refractivity (Wildman–Crippen MR) is 90.3 cm³/mol. The van der Waals surface area contributed by atoms with E-state index in [0.717, 1.165) is 31.6 Å². The first-order valence-electron chi connectivity index (χ1n) is 7.46. The topological polar surface area (TPSA) is 24.1 Å². The molecule has 22 heavy (non-hydrogen) atoms. The Bertz CT molecular complexity index is 634. The average molecular weight is 296 g/mol. The lowest BCUT2D eigenvalue weighted by Crippen LogP contribution is -2.16. The van der Waals surface area contributed by atoms with Gasteiger partial charge < -0.3 is 10.6 Å².